The third kappa shape index (κ3) is 6.63. The predicted molar refractivity (Wildman–Crippen MR) is 146 cm³/mol. The molecule has 2 atom stereocenters. The molecule has 0 bridgehead atoms. The summed E-state index contributed by atoms with van der Waals surface area (Å²) < 4.78 is 11.1. The Morgan fingerprint density at radius 1 is 1.19 bits per heavy atom. The third-order valence-electron chi connectivity index (χ3n) is 6.98. The number of halogens is 2. The molecule has 2 aromatic rings. The number of methoxy groups -OCH3 is 2. The summed E-state index contributed by atoms with van der Waals surface area (Å²) in [6, 6.07) is 6.80. The number of nitrogens with two attached hydrogens (primary N) is 1. The van der Waals surface area contributed by atoms with Gasteiger partial charge in [0.2, 0.25) is 0 Å². The first kappa shape index (κ1) is 28.5. The minimum absolute atomic E-state index is 0. The Balaban J connectivity index is 0.00000361. The number of hydrogen-bond acceptors (Lipinski definition) is 7. The SMILES string of the molecule is COc1cc(N)c(Cl)cc1C(=O)N[C@@H]1CCN(CC2CCN(C(=O)c3cccs3)CC2)C[C@@H]1OC.Cl. The zero-order chi connectivity index (χ0) is 24.9. The molecule has 3 N–H and O–H groups in total. The fourth-order valence-electron chi connectivity index (χ4n) is 4.95. The van der Waals surface area contributed by atoms with Crippen LogP contribution in [0, 0.1) is 5.92 Å². The number of ether oxygens (including phenoxy) is 2. The number of likely N-dealkylation sites (tertiary alicyclic amines) is 2. The summed E-state index contributed by atoms with van der Waals surface area (Å²) in [6.45, 7) is 4.19. The number of carbonyl (C=O) groups excluding carboxylic acids is 2. The van der Waals surface area contributed by atoms with Crippen LogP contribution >= 0.6 is 35.3 Å². The van der Waals surface area contributed by atoms with Crippen LogP contribution in [-0.2, 0) is 4.74 Å². The van der Waals surface area contributed by atoms with Crippen LogP contribution in [-0.4, -0.2) is 80.7 Å². The molecule has 8 nitrogen and oxygen atoms in total. The summed E-state index contributed by atoms with van der Waals surface area (Å²) in [5.41, 5.74) is 6.56. The lowest BCUT2D eigenvalue weighted by molar-refractivity contribution is -0.00109. The lowest BCUT2D eigenvalue weighted by Gasteiger charge is -2.41. The number of amides is 2. The van der Waals surface area contributed by atoms with Crippen LogP contribution in [0.1, 0.15) is 39.3 Å². The summed E-state index contributed by atoms with van der Waals surface area (Å²) >= 11 is 7.64. The Morgan fingerprint density at radius 2 is 1.94 bits per heavy atom. The fraction of sp³-hybridized carbons (Fsp3) is 0.520. The van der Waals surface area contributed by atoms with Gasteiger partial charge in [0.05, 0.1) is 40.4 Å². The Kier molecular flexibility index (Phi) is 10.3. The van der Waals surface area contributed by atoms with E-state index in [4.69, 9.17) is 26.8 Å². The summed E-state index contributed by atoms with van der Waals surface area (Å²) in [5, 5.41) is 5.36. The molecule has 11 heteroatoms. The molecule has 198 valence electrons. The highest BCUT2D eigenvalue weighted by molar-refractivity contribution is 7.12. The van der Waals surface area contributed by atoms with E-state index in [9.17, 15) is 9.59 Å². The second kappa shape index (κ2) is 13.0. The van der Waals surface area contributed by atoms with E-state index in [1.54, 1.807) is 13.2 Å². The number of benzene rings is 1. The molecule has 1 aromatic heterocycles. The van der Waals surface area contributed by atoms with Gasteiger partial charge in [0.25, 0.3) is 11.8 Å². The molecule has 3 heterocycles. The van der Waals surface area contributed by atoms with Gasteiger partial charge in [-0.2, -0.15) is 0 Å². The summed E-state index contributed by atoms with van der Waals surface area (Å²) in [7, 11) is 3.18. The van der Waals surface area contributed by atoms with E-state index >= 15 is 0 Å². The predicted octanol–water partition coefficient (Wildman–Crippen LogP) is 3.79. The summed E-state index contributed by atoms with van der Waals surface area (Å²) in [5.74, 6) is 0.826. The van der Waals surface area contributed by atoms with Crippen molar-refractivity contribution in [3.63, 3.8) is 0 Å². The number of nitrogens with one attached hydrogen (secondary N) is 1. The molecular weight excluding hydrogens is 523 g/mol. The topological polar surface area (TPSA) is 97.1 Å². The van der Waals surface area contributed by atoms with Crippen LogP contribution in [0.25, 0.3) is 0 Å². The Morgan fingerprint density at radius 3 is 2.58 bits per heavy atom. The first-order valence-electron chi connectivity index (χ1n) is 11.9. The van der Waals surface area contributed by atoms with Crippen molar-refractivity contribution in [1.29, 1.82) is 0 Å². The van der Waals surface area contributed by atoms with E-state index < -0.39 is 0 Å². The van der Waals surface area contributed by atoms with Gasteiger partial charge >= 0.3 is 0 Å². The van der Waals surface area contributed by atoms with Crippen molar-refractivity contribution in [1.82, 2.24) is 15.1 Å². The van der Waals surface area contributed by atoms with Gasteiger partial charge in [-0.15, -0.1) is 23.7 Å². The largest absolute Gasteiger partial charge is 0.496 e. The molecule has 2 aliphatic heterocycles. The number of thiophene rings is 1. The van der Waals surface area contributed by atoms with Crippen molar-refractivity contribution >= 4 is 52.8 Å². The second-order valence-electron chi connectivity index (χ2n) is 9.19. The minimum atomic E-state index is -0.257. The Bertz CT molecular complexity index is 1030. The highest BCUT2D eigenvalue weighted by Gasteiger charge is 2.33. The molecule has 0 unspecified atom stereocenters. The quantitative estimate of drug-likeness (QED) is 0.503. The van der Waals surface area contributed by atoms with Gasteiger partial charge in [0.1, 0.15) is 5.75 Å². The molecule has 2 aliphatic rings. The molecule has 0 radical (unpaired) electrons. The van der Waals surface area contributed by atoms with Gasteiger partial charge in [-0.1, -0.05) is 17.7 Å². The van der Waals surface area contributed by atoms with Gasteiger partial charge in [-0.3, -0.25) is 9.59 Å². The molecular formula is C25H34Cl2N4O4S. The smallest absolute Gasteiger partial charge is 0.263 e. The van der Waals surface area contributed by atoms with Gasteiger partial charge in [-0.05, 0) is 42.7 Å². The highest BCUT2D eigenvalue weighted by atomic mass is 35.5. The summed E-state index contributed by atoms with van der Waals surface area (Å²) in [6.07, 6.45) is 2.67. The van der Waals surface area contributed by atoms with Gasteiger partial charge in [0, 0.05) is 45.9 Å². The van der Waals surface area contributed by atoms with Crippen molar-refractivity contribution < 1.29 is 19.1 Å². The van der Waals surface area contributed by atoms with E-state index in [0.29, 0.717) is 27.9 Å². The molecule has 2 fully saturated rings. The van der Waals surface area contributed by atoms with Crippen molar-refractivity contribution in [2.75, 3.05) is 52.7 Å². The zero-order valence-electron chi connectivity index (χ0n) is 20.6. The van der Waals surface area contributed by atoms with E-state index in [1.807, 2.05) is 22.4 Å². The number of nitrogen functional groups attached to an aromatic ring is 1. The molecule has 2 amide bonds. The fourth-order valence-corrected chi connectivity index (χ4v) is 5.81. The lowest BCUT2D eigenvalue weighted by Crippen LogP contribution is -2.55. The lowest BCUT2D eigenvalue weighted by atomic mass is 9.93. The van der Waals surface area contributed by atoms with Crippen molar-refractivity contribution in [3.8, 4) is 5.75 Å². The van der Waals surface area contributed by atoms with Crippen molar-refractivity contribution in [2.45, 2.75) is 31.4 Å². The summed E-state index contributed by atoms with van der Waals surface area (Å²) in [4.78, 5) is 30.8. The molecule has 4 rings (SSSR count). The van der Waals surface area contributed by atoms with E-state index in [2.05, 4.69) is 10.2 Å². The van der Waals surface area contributed by atoms with Crippen LogP contribution < -0.4 is 15.8 Å². The maximum Gasteiger partial charge on any atom is 0.263 e. The van der Waals surface area contributed by atoms with Crippen molar-refractivity contribution in [3.05, 3.63) is 45.1 Å². The molecule has 0 spiro atoms. The number of nitrogens with zero attached hydrogens (tertiary/aromatic N) is 2. The van der Waals surface area contributed by atoms with Gasteiger partial charge in [0.15, 0.2) is 0 Å². The first-order valence-corrected chi connectivity index (χ1v) is 13.2. The number of hydrogen-bond donors (Lipinski definition) is 2. The molecule has 1 aromatic carbocycles. The second-order valence-corrected chi connectivity index (χ2v) is 10.5. The number of rotatable bonds is 7. The molecule has 0 aliphatic carbocycles. The van der Waals surface area contributed by atoms with Crippen molar-refractivity contribution in [2.24, 2.45) is 5.92 Å². The van der Waals surface area contributed by atoms with Crippen LogP contribution in [0.2, 0.25) is 5.02 Å². The Hall–Kier alpha value is -2.04. The van der Waals surface area contributed by atoms with Gasteiger partial charge in [-0.25, -0.2) is 0 Å². The first-order chi connectivity index (χ1) is 16.9. The minimum Gasteiger partial charge on any atom is -0.496 e. The average molecular weight is 558 g/mol. The van der Waals surface area contributed by atoms with Crippen LogP contribution in [0.3, 0.4) is 0 Å². The Labute approximate surface area is 227 Å². The average Bonchev–Trinajstić information content (AvgIpc) is 3.41. The number of piperidine rings is 2. The normalized spacial score (nSPS) is 21.0. The van der Waals surface area contributed by atoms with E-state index in [-0.39, 0.29) is 36.4 Å². The van der Waals surface area contributed by atoms with Crippen LogP contribution in [0.15, 0.2) is 29.6 Å². The maximum absolute atomic E-state index is 13.0. The molecule has 2 saturated heterocycles. The van der Waals surface area contributed by atoms with Crippen LogP contribution in [0.5, 0.6) is 5.75 Å². The number of anilines is 1. The highest BCUT2D eigenvalue weighted by Crippen LogP contribution is 2.29. The third-order valence-corrected chi connectivity index (χ3v) is 8.16. The maximum atomic E-state index is 13.0. The standard InChI is InChI=1S/C25H33ClN4O4S.ClH/c1-33-21-13-19(27)18(26)12-17(21)24(31)28-20-7-8-29(15-22(20)34-2)14-16-5-9-30(10-6-16)25(32)23-4-3-11-35-23;/h3-4,11-13,16,20,22H,5-10,14-15,27H2,1-2H3,(H,28,31);1H/t20-,22+;/m1./s1. The zero-order valence-corrected chi connectivity index (χ0v) is 23.0. The van der Waals surface area contributed by atoms with Gasteiger partial charge < -0.3 is 30.3 Å². The molecule has 0 saturated carbocycles. The van der Waals surface area contributed by atoms with Crippen LogP contribution in [0.4, 0.5) is 5.69 Å². The number of carbonyl (C=O) groups is 2. The molecule has 36 heavy (non-hydrogen) atoms. The van der Waals surface area contributed by atoms with E-state index in [0.717, 1.165) is 56.9 Å². The van der Waals surface area contributed by atoms with E-state index in [1.165, 1.54) is 24.5 Å². The monoisotopic (exact) mass is 556 g/mol.